The number of benzene rings is 3. The third kappa shape index (κ3) is 4.47. The minimum Gasteiger partial charge on any atom is -0.497 e. The van der Waals surface area contributed by atoms with E-state index in [1.54, 1.807) is 43.5 Å². The van der Waals surface area contributed by atoms with Gasteiger partial charge in [0.1, 0.15) is 17.2 Å². The van der Waals surface area contributed by atoms with Crippen molar-refractivity contribution < 1.29 is 23.8 Å². The topological polar surface area (TPSA) is 66.8 Å². The number of Topliss-reactive ketones (excluding diaryl/α,β-unsaturated/α-hetero) is 2. The number of nitrogens with zero attached hydrogens (tertiary/aromatic N) is 1. The summed E-state index contributed by atoms with van der Waals surface area (Å²) < 4.78 is 20.0. The molecule has 35 heavy (non-hydrogen) atoms. The van der Waals surface area contributed by atoms with Crippen LogP contribution < -0.4 is 14.2 Å². The Morgan fingerprint density at radius 3 is 2.57 bits per heavy atom. The normalized spacial score (nSPS) is 13.7. The molecule has 0 saturated carbocycles. The molecule has 5 rings (SSSR count). The maximum Gasteiger partial charge on any atom is 0.231 e. The zero-order valence-electron chi connectivity index (χ0n) is 19.2. The maximum atomic E-state index is 13.0. The molecule has 1 aromatic heterocycles. The fourth-order valence-corrected chi connectivity index (χ4v) is 4.34. The van der Waals surface area contributed by atoms with Crippen molar-refractivity contribution >= 4 is 44.5 Å². The molecule has 0 N–H and O–H groups in total. The van der Waals surface area contributed by atoms with Crippen LogP contribution >= 0.6 is 15.9 Å². The lowest BCUT2D eigenvalue weighted by Gasteiger charge is -2.07. The van der Waals surface area contributed by atoms with Crippen LogP contribution in [-0.2, 0) is 6.54 Å². The Morgan fingerprint density at radius 1 is 1.06 bits per heavy atom. The summed E-state index contributed by atoms with van der Waals surface area (Å²) in [7, 11) is 1.63. The number of hydrogen-bond donors (Lipinski definition) is 0. The van der Waals surface area contributed by atoms with E-state index in [4.69, 9.17) is 14.2 Å². The second kappa shape index (κ2) is 9.43. The standard InChI is InChI=1S/C28H22BrNO5/c1-3-30-15-18(23-13-20(33-2)9-11-24(23)30)12-27-28(32)22-10-8-21(14-26(22)35-27)34-16-25(31)17-4-6-19(29)7-5-17/h4-15H,3,16H2,1-2H3/b27-12-. The molecule has 4 aromatic rings. The predicted molar refractivity (Wildman–Crippen MR) is 138 cm³/mol. The van der Waals surface area contributed by atoms with Gasteiger partial charge in [0.2, 0.25) is 5.78 Å². The van der Waals surface area contributed by atoms with Gasteiger partial charge in [0.15, 0.2) is 18.1 Å². The zero-order valence-corrected chi connectivity index (χ0v) is 20.8. The smallest absolute Gasteiger partial charge is 0.231 e. The number of fused-ring (bicyclic) bond motifs is 2. The van der Waals surface area contributed by atoms with Crippen molar-refractivity contribution in [2.45, 2.75) is 13.5 Å². The quantitative estimate of drug-likeness (QED) is 0.206. The van der Waals surface area contributed by atoms with Crippen molar-refractivity contribution in [2.75, 3.05) is 13.7 Å². The van der Waals surface area contributed by atoms with Gasteiger partial charge in [0, 0.05) is 45.3 Å². The summed E-state index contributed by atoms with van der Waals surface area (Å²) in [5.41, 5.74) is 2.94. The molecule has 0 fully saturated rings. The first kappa shape index (κ1) is 22.9. The van der Waals surface area contributed by atoms with Crippen LogP contribution in [0.2, 0.25) is 0 Å². The van der Waals surface area contributed by atoms with Gasteiger partial charge in [0.25, 0.3) is 0 Å². The molecular formula is C28H22BrNO5. The van der Waals surface area contributed by atoms with E-state index in [0.717, 1.165) is 33.2 Å². The molecular weight excluding hydrogens is 510 g/mol. The highest BCUT2D eigenvalue weighted by atomic mass is 79.9. The highest BCUT2D eigenvalue weighted by Crippen LogP contribution is 2.36. The van der Waals surface area contributed by atoms with E-state index >= 15 is 0 Å². The number of aromatic nitrogens is 1. The molecule has 2 heterocycles. The van der Waals surface area contributed by atoms with Crippen LogP contribution in [0.1, 0.15) is 33.2 Å². The van der Waals surface area contributed by atoms with Gasteiger partial charge in [-0.15, -0.1) is 0 Å². The number of rotatable bonds is 7. The molecule has 0 spiro atoms. The lowest BCUT2D eigenvalue weighted by molar-refractivity contribution is 0.0921. The molecule has 0 unspecified atom stereocenters. The van der Waals surface area contributed by atoms with Crippen molar-refractivity contribution in [3.05, 3.63) is 93.8 Å². The summed E-state index contributed by atoms with van der Waals surface area (Å²) in [6, 6.07) is 17.9. The molecule has 0 atom stereocenters. The Kier molecular flexibility index (Phi) is 6.17. The number of halogens is 1. The third-order valence-corrected chi connectivity index (χ3v) is 6.45. The van der Waals surface area contributed by atoms with E-state index in [1.165, 1.54) is 0 Å². The highest BCUT2D eigenvalue weighted by Gasteiger charge is 2.28. The molecule has 176 valence electrons. The van der Waals surface area contributed by atoms with Crippen LogP contribution in [0.5, 0.6) is 17.2 Å². The summed E-state index contributed by atoms with van der Waals surface area (Å²) in [5.74, 6) is 1.51. The molecule has 3 aromatic carbocycles. The van der Waals surface area contributed by atoms with Crippen molar-refractivity contribution in [3.63, 3.8) is 0 Å². The lowest BCUT2D eigenvalue weighted by Crippen LogP contribution is -2.11. The van der Waals surface area contributed by atoms with Crippen LogP contribution in [0.15, 0.2) is 77.1 Å². The van der Waals surface area contributed by atoms with Crippen molar-refractivity contribution in [1.82, 2.24) is 4.57 Å². The summed E-state index contributed by atoms with van der Waals surface area (Å²) >= 11 is 3.36. The number of ketones is 2. The fourth-order valence-electron chi connectivity index (χ4n) is 4.07. The van der Waals surface area contributed by atoms with Crippen LogP contribution in [-0.4, -0.2) is 29.9 Å². The zero-order chi connectivity index (χ0) is 24.5. The minimum atomic E-state index is -0.196. The summed E-state index contributed by atoms with van der Waals surface area (Å²) in [4.78, 5) is 25.4. The molecule has 1 aliphatic rings. The summed E-state index contributed by atoms with van der Waals surface area (Å²) in [6.45, 7) is 2.74. The first-order valence-corrected chi connectivity index (χ1v) is 11.9. The lowest BCUT2D eigenvalue weighted by atomic mass is 10.1. The van der Waals surface area contributed by atoms with Crippen LogP contribution in [0, 0.1) is 0 Å². The van der Waals surface area contributed by atoms with Crippen molar-refractivity contribution in [1.29, 1.82) is 0 Å². The molecule has 0 saturated heterocycles. The Labute approximate surface area is 210 Å². The monoisotopic (exact) mass is 531 g/mol. The maximum absolute atomic E-state index is 13.0. The number of hydrogen-bond acceptors (Lipinski definition) is 5. The first-order valence-electron chi connectivity index (χ1n) is 11.1. The first-order chi connectivity index (χ1) is 17.0. The Hall–Kier alpha value is -3.84. The second-order valence-electron chi connectivity index (χ2n) is 8.07. The van der Waals surface area contributed by atoms with Gasteiger partial charge in [-0.25, -0.2) is 0 Å². The molecule has 0 amide bonds. The number of aryl methyl sites for hydroxylation is 1. The van der Waals surface area contributed by atoms with E-state index in [1.807, 2.05) is 36.5 Å². The third-order valence-electron chi connectivity index (χ3n) is 5.92. The number of methoxy groups -OCH3 is 1. The van der Waals surface area contributed by atoms with Gasteiger partial charge in [-0.1, -0.05) is 28.1 Å². The van der Waals surface area contributed by atoms with Gasteiger partial charge < -0.3 is 18.8 Å². The molecule has 0 bridgehead atoms. The SMILES string of the molecule is CCn1cc(/C=C2\Oc3cc(OCC(=O)c4ccc(Br)cc4)ccc3C2=O)c2cc(OC)ccc21. The van der Waals surface area contributed by atoms with Crippen molar-refractivity contribution in [3.8, 4) is 17.2 Å². The van der Waals surface area contributed by atoms with E-state index < -0.39 is 0 Å². The number of ether oxygens (including phenoxy) is 3. The van der Waals surface area contributed by atoms with Crippen LogP contribution in [0.25, 0.3) is 17.0 Å². The van der Waals surface area contributed by atoms with Gasteiger partial charge in [-0.05, 0) is 55.5 Å². The molecule has 0 radical (unpaired) electrons. The molecule has 7 heteroatoms. The fraction of sp³-hybridized carbons (Fsp3) is 0.143. The molecule has 0 aliphatic carbocycles. The van der Waals surface area contributed by atoms with Gasteiger partial charge in [-0.3, -0.25) is 9.59 Å². The molecule has 6 nitrogen and oxygen atoms in total. The van der Waals surface area contributed by atoms with Crippen LogP contribution in [0.3, 0.4) is 0 Å². The number of allylic oxidation sites excluding steroid dienone is 1. The van der Waals surface area contributed by atoms with E-state index in [-0.39, 0.29) is 23.9 Å². The molecule has 1 aliphatic heterocycles. The highest BCUT2D eigenvalue weighted by molar-refractivity contribution is 9.10. The Balaban J connectivity index is 1.37. The average Bonchev–Trinajstić information content (AvgIpc) is 3.39. The Morgan fingerprint density at radius 2 is 1.83 bits per heavy atom. The minimum absolute atomic E-state index is 0.116. The predicted octanol–water partition coefficient (Wildman–Crippen LogP) is 6.31. The average molecular weight is 532 g/mol. The summed E-state index contributed by atoms with van der Waals surface area (Å²) in [5, 5.41) is 0.974. The van der Waals surface area contributed by atoms with Crippen LogP contribution in [0.4, 0.5) is 0 Å². The number of carbonyl (C=O) groups excluding carboxylic acids is 2. The van der Waals surface area contributed by atoms with E-state index in [0.29, 0.717) is 22.6 Å². The van der Waals surface area contributed by atoms with Gasteiger partial charge in [0.05, 0.1) is 12.7 Å². The Bertz CT molecular complexity index is 1480. The number of carbonyl (C=O) groups is 2. The second-order valence-corrected chi connectivity index (χ2v) is 8.99. The summed E-state index contributed by atoms with van der Waals surface area (Å²) in [6.07, 6.45) is 3.76. The van der Waals surface area contributed by atoms with E-state index in [2.05, 4.69) is 27.4 Å². The van der Waals surface area contributed by atoms with E-state index in [9.17, 15) is 9.59 Å². The van der Waals surface area contributed by atoms with Crippen molar-refractivity contribution in [2.24, 2.45) is 0 Å². The van der Waals surface area contributed by atoms with Gasteiger partial charge in [-0.2, -0.15) is 0 Å². The van der Waals surface area contributed by atoms with Gasteiger partial charge >= 0.3 is 0 Å². The largest absolute Gasteiger partial charge is 0.497 e.